The highest BCUT2D eigenvalue weighted by Gasteiger charge is 2.38. The Labute approximate surface area is 270 Å². The third-order valence-corrected chi connectivity index (χ3v) is 8.34. The molecule has 4 heterocycles. The van der Waals surface area contributed by atoms with Crippen molar-refractivity contribution in [3.05, 3.63) is 80.7 Å². The third-order valence-electron chi connectivity index (χ3n) is 8.34. The first-order valence-corrected chi connectivity index (χ1v) is 15.8. The molecule has 246 valence electrons. The average molecular weight is 644 g/mol. The van der Waals surface area contributed by atoms with Gasteiger partial charge < -0.3 is 29.6 Å². The molecule has 1 aliphatic carbocycles. The maximum absolute atomic E-state index is 13.6. The number of aryl methyl sites for hydroxylation is 1. The number of carbonyl (C=O) groups is 4. The number of nitrogens with one attached hydrogen (secondary N) is 1. The number of carboxylic acid groups (broad SMARTS) is 1. The van der Waals surface area contributed by atoms with Crippen LogP contribution >= 0.6 is 0 Å². The van der Waals surface area contributed by atoms with Crippen molar-refractivity contribution in [2.24, 2.45) is 0 Å². The largest absolute Gasteiger partial charge is 0.508 e. The van der Waals surface area contributed by atoms with Gasteiger partial charge in [0.1, 0.15) is 18.4 Å². The summed E-state index contributed by atoms with van der Waals surface area (Å²) in [6.45, 7) is 5.94. The lowest BCUT2D eigenvalue weighted by atomic mass is 9.97. The molecule has 0 saturated carbocycles. The number of carboxylic acids is 1. The lowest BCUT2D eigenvalue weighted by molar-refractivity contribution is -0.171. The third kappa shape index (κ3) is 6.67. The maximum Gasteiger partial charge on any atom is 0.352 e. The molecule has 12 nitrogen and oxygen atoms in total. The fraction of sp³-hybridized carbons (Fsp3) is 0.371. The van der Waals surface area contributed by atoms with Crippen LogP contribution in [0.4, 0.5) is 0 Å². The summed E-state index contributed by atoms with van der Waals surface area (Å²) in [5, 5.41) is 22.8. The van der Waals surface area contributed by atoms with Gasteiger partial charge in [-0.25, -0.2) is 14.6 Å². The zero-order valence-electron chi connectivity index (χ0n) is 26.5. The van der Waals surface area contributed by atoms with E-state index in [4.69, 9.17) is 14.5 Å². The summed E-state index contributed by atoms with van der Waals surface area (Å²) in [4.78, 5) is 68.3. The standard InChI is InChI=1S/C33H31N3O9.C2H6/c1-2-19-20-13-18(37)8-9-24(20)35-29-22(19)15-36-26(29)14-21-23(31(36)40)16-44-33(43)30(21)45-28(39)11-10-27(38)34-25(32(41)42)12-17-6-4-3-5-7-17;1-2/h4,6-9,13-14,25,30,37H,2-3,5,10-12,15-16H2,1H3,(H,34,38)(H,41,42);1-2H3. The molecule has 47 heavy (non-hydrogen) atoms. The van der Waals surface area contributed by atoms with Crippen LogP contribution in [0.1, 0.15) is 81.2 Å². The molecule has 3 aromatic rings. The van der Waals surface area contributed by atoms with E-state index in [1.54, 1.807) is 22.8 Å². The second-order valence-electron chi connectivity index (χ2n) is 11.2. The molecule has 0 radical (unpaired) electrons. The topological polar surface area (TPSA) is 174 Å². The van der Waals surface area contributed by atoms with Gasteiger partial charge in [0.15, 0.2) is 0 Å². The molecule has 3 N–H and O–H groups in total. The van der Waals surface area contributed by atoms with Gasteiger partial charge in [0.2, 0.25) is 12.0 Å². The predicted molar refractivity (Wildman–Crippen MR) is 171 cm³/mol. The highest BCUT2D eigenvalue weighted by molar-refractivity contribution is 5.90. The lowest BCUT2D eigenvalue weighted by Crippen LogP contribution is -2.41. The Balaban J connectivity index is 0.00000213. The molecule has 2 aliphatic heterocycles. The normalized spacial score (nSPS) is 16.4. The number of carbonyl (C=O) groups excluding carboxylic acids is 3. The lowest BCUT2D eigenvalue weighted by Gasteiger charge is -2.25. The average Bonchev–Trinajstić information content (AvgIpc) is 3.43. The Morgan fingerprint density at radius 3 is 2.62 bits per heavy atom. The fourth-order valence-electron chi connectivity index (χ4n) is 6.13. The molecule has 0 saturated heterocycles. The van der Waals surface area contributed by atoms with E-state index in [0.29, 0.717) is 23.3 Å². The van der Waals surface area contributed by atoms with Gasteiger partial charge in [-0.1, -0.05) is 39.0 Å². The van der Waals surface area contributed by atoms with Gasteiger partial charge in [0.05, 0.1) is 35.4 Å². The van der Waals surface area contributed by atoms with E-state index in [-0.39, 0.29) is 42.9 Å². The number of nitrogens with zero attached hydrogens (tertiary/aromatic N) is 2. The van der Waals surface area contributed by atoms with Gasteiger partial charge in [0, 0.05) is 29.4 Å². The zero-order valence-corrected chi connectivity index (χ0v) is 26.5. The maximum atomic E-state index is 13.6. The van der Waals surface area contributed by atoms with Crippen LogP contribution in [0.15, 0.2) is 52.9 Å². The summed E-state index contributed by atoms with van der Waals surface area (Å²) in [6.07, 6.45) is 5.80. The Kier molecular flexibility index (Phi) is 9.88. The van der Waals surface area contributed by atoms with Crippen LogP contribution in [0.25, 0.3) is 22.3 Å². The van der Waals surface area contributed by atoms with E-state index >= 15 is 0 Å². The van der Waals surface area contributed by atoms with Gasteiger partial charge in [0.25, 0.3) is 5.56 Å². The van der Waals surface area contributed by atoms with E-state index in [1.165, 1.54) is 6.07 Å². The highest BCUT2D eigenvalue weighted by Crippen LogP contribution is 2.39. The molecule has 0 bridgehead atoms. The second-order valence-corrected chi connectivity index (χ2v) is 11.2. The summed E-state index contributed by atoms with van der Waals surface area (Å²) in [5.41, 5.74) is 4.23. The summed E-state index contributed by atoms with van der Waals surface area (Å²) in [6, 6.07) is 5.34. The number of hydrogen-bond acceptors (Lipinski definition) is 9. The number of phenols is 1. The van der Waals surface area contributed by atoms with E-state index in [0.717, 1.165) is 34.9 Å². The molecule has 0 fully saturated rings. The highest BCUT2D eigenvalue weighted by atomic mass is 16.6. The molecule has 6 rings (SSSR count). The predicted octanol–water partition coefficient (Wildman–Crippen LogP) is 4.38. The number of benzene rings is 1. The van der Waals surface area contributed by atoms with Crippen LogP contribution in [0, 0.1) is 0 Å². The number of hydrogen-bond donors (Lipinski definition) is 3. The number of aliphatic carboxylic acids is 1. The molecule has 0 spiro atoms. The number of rotatable bonds is 9. The van der Waals surface area contributed by atoms with E-state index < -0.39 is 47.9 Å². The van der Waals surface area contributed by atoms with Crippen molar-refractivity contribution in [3.63, 3.8) is 0 Å². The number of phenolic OH excluding ortho intramolecular Hbond substituents is 1. The minimum absolute atomic E-state index is 0.108. The fourth-order valence-corrected chi connectivity index (χ4v) is 6.13. The van der Waals surface area contributed by atoms with Crippen LogP contribution in [-0.2, 0) is 48.2 Å². The molecule has 2 atom stereocenters. The van der Waals surface area contributed by atoms with Crippen molar-refractivity contribution >= 4 is 34.7 Å². The first-order chi connectivity index (χ1) is 22.6. The number of aromatic nitrogens is 2. The number of esters is 2. The van der Waals surface area contributed by atoms with Crippen LogP contribution in [0.5, 0.6) is 5.75 Å². The SMILES string of the molecule is CC.CCc1c2c(nc3ccc(O)cc13)-c1cc3c(c(=O)n1C2)COC(=O)C3OC(=O)CCC(=O)NC(CC1=CCCC=C1)C(=O)O. The van der Waals surface area contributed by atoms with Crippen molar-refractivity contribution in [1.82, 2.24) is 14.9 Å². The number of allylic oxidation sites excluding steroid dienone is 3. The number of pyridine rings is 2. The Morgan fingerprint density at radius 1 is 1.13 bits per heavy atom. The van der Waals surface area contributed by atoms with Crippen LogP contribution in [-0.4, -0.2) is 49.6 Å². The molecular formula is C35H37N3O9. The van der Waals surface area contributed by atoms with Gasteiger partial charge in [-0.2, -0.15) is 0 Å². The number of cyclic esters (lactones) is 1. The Bertz CT molecular complexity index is 1890. The van der Waals surface area contributed by atoms with Gasteiger partial charge in [-0.15, -0.1) is 0 Å². The molecule has 1 amide bonds. The van der Waals surface area contributed by atoms with Crippen molar-refractivity contribution in [2.45, 2.75) is 84.6 Å². The quantitative estimate of drug-likeness (QED) is 0.222. The van der Waals surface area contributed by atoms with E-state index in [1.807, 2.05) is 39.0 Å². The van der Waals surface area contributed by atoms with E-state index in [9.17, 15) is 34.2 Å². The molecule has 2 aromatic heterocycles. The number of ether oxygens (including phenoxy) is 2. The number of fused-ring (bicyclic) bond motifs is 5. The van der Waals surface area contributed by atoms with Crippen molar-refractivity contribution in [1.29, 1.82) is 0 Å². The Morgan fingerprint density at radius 2 is 1.91 bits per heavy atom. The molecule has 12 heteroatoms. The van der Waals surface area contributed by atoms with Crippen LogP contribution in [0.3, 0.4) is 0 Å². The second kappa shape index (κ2) is 14.0. The number of aromatic hydroxyl groups is 1. The smallest absolute Gasteiger partial charge is 0.352 e. The van der Waals surface area contributed by atoms with Crippen molar-refractivity contribution in [2.75, 3.05) is 0 Å². The minimum Gasteiger partial charge on any atom is -0.508 e. The molecular weight excluding hydrogens is 606 g/mol. The molecule has 1 aromatic carbocycles. The van der Waals surface area contributed by atoms with Crippen molar-refractivity contribution in [3.8, 4) is 17.1 Å². The van der Waals surface area contributed by atoms with Gasteiger partial charge in [-0.3, -0.25) is 14.4 Å². The number of amides is 1. The first-order valence-electron chi connectivity index (χ1n) is 15.8. The summed E-state index contributed by atoms with van der Waals surface area (Å²) in [5.74, 6) is -3.48. The summed E-state index contributed by atoms with van der Waals surface area (Å²) in [7, 11) is 0. The van der Waals surface area contributed by atoms with Crippen LogP contribution < -0.4 is 10.9 Å². The van der Waals surface area contributed by atoms with Gasteiger partial charge >= 0.3 is 17.9 Å². The summed E-state index contributed by atoms with van der Waals surface area (Å²) >= 11 is 0. The first kappa shape index (κ1) is 33.1. The molecule has 3 aliphatic rings. The monoisotopic (exact) mass is 643 g/mol. The van der Waals surface area contributed by atoms with Crippen molar-refractivity contribution < 1.29 is 38.9 Å². The van der Waals surface area contributed by atoms with Crippen LogP contribution in [0.2, 0.25) is 0 Å². The Hall–Kier alpha value is -5.26. The van der Waals surface area contributed by atoms with E-state index in [2.05, 4.69) is 5.32 Å². The minimum atomic E-state index is -1.52. The summed E-state index contributed by atoms with van der Waals surface area (Å²) < 4.78 is 12.2. The van der Waals surface area contributed by atoms with Gasteiger partial charge in [-0.05, 0) is 54.7 Å². The molecule has 2 unspecified atom stereocenters. The zero-order chi connectivity index (χ0) is 33.8.